The van der Waals surface area contributed by atoms with Crippen LogP contribution in [-0.2, 0) is 11.3 Å². The maximum Gasteiger partial charge on any atom is 0.267 e. The molecule has 3 aromatic rings. The van der Waals surface area contributed by atoms with Crippen molar-refractivity contribution in [1.82, 2.24) is 19.2 Å². The van der Waals surface area contributed by atoms with Gasteiger partial charge in [0.2, 0.25) is 0 Å². The zero-order chi connectivity index (χ0) is 23.8. The molecule has 0 atom stereocenters. The molecule has 2 aliphatic rings. The average molecular weight is 492 g/mol. The zero-order valence-electron chi connectivity index (χ0n) is 19.1. The second-order valence-corrected chi connectivity index (χ2v) is 10.3. The lowest BCUT2D eigenvalue weighted by Crippen LogP contribution is -2.45. The molecular weight excluding hydrogens is 466 g/mol. The van der Waals surface area contributed by atoms with E-state index in [4.69, 9.17) is 17.2 Å². The van der Waals surface area contributed by atoms with E-state index in [2.05, 4.69) is 16.8 Å². The van der Waals surface area contributed by atoms with Gasteiger partial charge in [-0.25, -0.2) is 4.98 Å². The third-order valence-electron chi connectivity index (χ3n) is 6.12. The summed E-state index contributed by atoms with van der Waals surface area (Å²) in [6.45, 7) is 5.64. The number of benzene rings is 1. The predicted octanol–water partition coefficient (Wildman–Crippen LogP) is 3.16. The second kappa shape index (κ2) is 9.32. The van der Waals surface area contributed by atoms with Crippen LogP contribution >= 0.6 is 24.0 Å². The van der Waals surface area contributed by atoms with Crippen molar-refractivity contribution in [1.29, 1.82) is 0 Å². The van der Waals surface area contributed by atoms with Crippen LogP contribution in [0.25, 0.3) is 11.7 Å². The molecule has 0 bridgehead atoms. The number of thiocarbonyl (C=S) groups is 1. The van der Waals surface area contributed by atoms with Crippen molar-refractivity contribution in [2.75, 3.05) is 38.1 Å². The zero-order valence-corrected chi connectivity index (χ0v) is 20.7. The summed E-state index contributed by atoms with van der Waals surface area (Å²) in [5.74, 6) is 0.437. The van der Waals surface area contributed by atoms with Gasteiger partial charge in [0.25, 0.3) is 11.5 Å². The van der Waals surface area contributed by atoms with Crippen LogP contribution in [0.4, 0.5) is 5.82 Å². The first-order valence-corrected chi connectivity index (χ1v) is 12.4. The van der Waals surface area contributed by atoms with E-state index in [0.717, 1.165) is 37.3 Å². The normalized spacial score (nSPS) is 18.5. The Morgan fingerprint density at radius 1 is 1.06 bits per heavy atom. The molecule has 5 rings (SSSR count). The number of thioether (sulfide) groups is 1. The molecule has 0 unspecified atom stereocenters. The lowest BCUT2D eigenvalue weighted by atomic mass is 10.2. The minimum Gasteiger partial charge on any atom is -0.353 e. The van der Waals surface area contributed by atoms with Gasteiger partial charge in [0.1, 0.15) is 15.8 Å². The Kier molecular flexibility index (Phi) is 6.24. The number of piperazine rings is 1. The number of fused-ring (bicyclic) bond motifs is 1. The maximum absolute atomic E-state index is 13.6. The van der Waals surface area contributed by atoms with Crippen molar-refractivity contribution < 1.29 is 4.79 Å². The summed E-state index contributed by atoms with van der Waals surface area (Å²) in [6.07, 6.45) is 3.47. The van der Waals surface area contributed by atoms with Gasteiger partial charge in [0.05, 0.1) is 17.0 Å². The molecule has 2 fully saturated rings. The summed E-state index contributed by atoms with van der Waals surface area (Å²) in [7, 11) is 2.09. The number of carbonyl (C=O) groups excluding carboxylic acids is 1. The van der Waals surface area contributed by atoms with E-state index in [1.54, 1.807) is 21.6 Å². The molecule has 174 valence electrons. The Bertz CT molecular complexity index is 1360. The molecule has 4 heterocycles. The first kappa shape index (κ1) is 22.8. The number of hydrogen-bond donors (Lipinski definition) is 0. The molecule has 0 saturated carbocycles. The largest absolute Gasteiger partial charge is 0.353 e. The monoisotopic (exact) mass is 491 g/mol. The summed E-state index contributed by atoms with van der Waals surface area (Å²) in [5, 5.41) is 0. The van der Waals surface area contributed by atoms with Crippen LogP contribution in [0.3, 0.4) is 0 Å². The molecule has 0 aliphatic carbocycles. The molecule has 0 spiro atoms. The van der Waals surface area contributed by atoms with Gasteiger partial charge < -0.3 is 9.80 Å². The number of aromatic nitrogens is 2. The van der Waals surface area contributed by atoms with Crippen LogP contribution in [0, 0.1) is 6.92 Å². The van der Waals surface area contributed by atoms with Crippen LogP contribution in [0.2, 0.25) is 0 Å². The molecule has 2 saturated heterocycles. The number of aryl methyl sites for hydroxylation is 1. The smallest absolute Gasteiger partial charge is 0.267 e. The highest BCUT2D eigenvalue weighted by molar-refractivity contribution is 8.26. The van der Waals surface area contributed by atoms with E-state index in [9.17, 15) is 9.59 Å². The van der Waals surface area contributed by atoms with E-state index >= 15 is 0 Å². The fourth-order valence-corrected chi connectivity index (χ4v) is 5.40. The van der Waals surface area contributed by atoms with Gasteiger partial charge in [-0.15, -0.1) is 0 Å². The first-order chi connectivity index (χ1) is 16.4. The summed E-state index contributed by atoms with van der Waals surface area (Å²) in [6, 6.07) is 13.6. The Hall–Kier alpha value is -3.01. The molecule has 34 heavy (non-hydrogen) atoms. The van der Waals surface area contributed by atoms with Gasteiger partial charge in [-0.05, 0) is 37.2 Å². The van der Waals surface area contributed by atoms with E-state index in [-0.39, 0.29) is 11.5 Å². The topological polar surface area (TPSA) is 61.2 Å². The third kappa shape index (κ3) is 4.38. The number of nitrogens with zero attached hydrogens (tertiary/aromatic N) is 5. The fraction of sp³-hybridized carbons (Fsp3) is 0.280. The summed E-state index contributed by atoms with van der Waals surface area (Å²) < 4.78 is 2.05. The Morgan fingerprint density at radius 3 is 2.53 bits per heavy atom. The van der Waals surface area contributed by atoms with Crippen LogP contribution in [0.1, 0.15) is 16.7 Å². The van der Waals surface area contributed by atoms with Gasteiger partial charge in [0, 0.05) is 32.4 Å². The van der Waals surface area contributed by atoms with Crippen molar-refractivity contribution in [3.05, 3.63) is 80.6 Å². The Morgan fingerprint density at radius 2 is 1.79 bits per heavy atom. The molecule has 0 radical (unpaired) electrons. The molecule has 2 aromatic heterocycles. The van der Waals surface area contributed by atoms with E-state index in [1.807, 2.05) is 49.4 Å². The number of anilines is 1. The highest BCUT2D eigenvalue weighted by atomic mass is 32.2. The standard InChI is InChI=1S/C25H25N5O2S2/c1-17-8-9-21-26-22(28-12-10-27(2)11-13-28)19(23(31)29(21)15-17)14-20-24(32)30(25(33)34-20)16-18-6-4-3-5-7-18/h3-9,14-15H,10-13,16H2,1-2H3. The van der Waals surface area contributed by atoms with Crippen LogP contribution in [0.15, 0.2) is 58.4 Å². The van der Waals surface area contributed by atoms with Crippen molar-refractivity contribution in [2.45, 2.75) is 13.5 Å². The Labute approximate surface area is 207 Å². The molecule has 0 N–H and O–H groups in total. The van der Waals surface area contributed by atoms with Gasteiger partial charge in [-0.3, -0.25) is 18.9 Å². The highest BCUT2D eigenvalue weighted by Crippen LogP contribution is 2.34. The molecule has 9 heteroatoms. The van der Waals surface area contributed by atoms with E-state index in [1.165, 1.54) is 11.8 Å². The lowest BCUT2D eigenvalue weighted by molar-refractivity contribution is -0.122. The number of carbonyl (C=O) groups is 1. The van der Waals surface area contributed by atoms with Crippen LogP contribution in [0.5, 0.6) is 0 Å². The number of pyridine rings is 1. The first-order valence-electron chi connectivity index (χ1n) is 11.2. The molecular formula is C25H25N5O2S2. The van der Waals surface area contributed by atoms with Crippen molar-refractivity contribution in [3.63, 3.8) is 0 Å². The second-order valence-electron chi connectivity index (χ2n) is 8.63. The molecule has 1 aromatic carbocycles. The summed E-state index contributed by atoms with van der Waals surface area (Å²) in [4.78, 5) is 38.2. The summed E-state index contributed by atoms with van der Waals surface area (Å²) >= 11 is 6.76. The minimum atomic E-state index is -0.184. The Balaban J connectivity index is 1.57. The predicted molar refractivity (Wildman–Crippen MR) is 141 cm³/mol. The SMILES string of the molecule is Cc1ccc2nc(N3CCN(C)CC3)c(C=C3SC(=S)N(Cc4ccccc4)C3=O)c(=O)n2c1. The van der Waals surface area contributed by atoms with Crippen molar-refractivity contribution >= 4 is 51.7 Å². The molecule has 2 aliphatic heterocycles. The van der Waals surface area contributed by atoms with Gasteiger partial charge in [0.15, 0.2) is 0 Å². The average Bonchev–Trinajstić information content (AvgIpc) is 3.10. The van der Waals surface area contributed by atoms with Crippen LogP contribution in [-0.4, -0.2) is 62.6 Å². The maximum atomic E-state index is 13.6. The quantitative estimate of drug-likeness (QED) is 0.410. The number of rotatable bonds is 4. The van der Waals surface area contributed by atoms with Gasteiger partial charge >= 0.3 is 0 Å². The van der Waals surface area contributed by atoms with Crippen molar-refractivity contribution in [3.8, 4) is 0 Å². The van der Waals surface area contributed by atoms with Crippen molar-refractivity contribution in [2.24, 2.45) is 0 Å². The molecule has 1 amide bonds. The van der Waals surface area contributed by atoms with E-state index in [0.29, 0.717) is 32.8 Å². The lowest BCUT2D eigenvalue weighted by Gasteiger charge is -2.34. The summed E-state index contributed by atoms with van der Waals surface area (Å²) in [5.41, 5.74) is 2.80. The number of amides is 1. The van der Waals surface area contributed by atoms with Gasteiger partial charge in [-0.2, -0.15) is 0 Å². The van der Waals surface area contributed by atoms with Gasteiger partial charge in [-0.1, -0.05) is 60.4 Å². The highest BCUT2D eigenvalue weighted by Gasteiger charge is 2.33. The fourth-order valence-electron chi connectivity index (χ4n) is 4.17. The van der Waals surface area contributed by atoms with E-state index < -0.39 is 0 Å². The third-order valence-corrected chi connectivity index (χ3v) is 7.50. The molecule has 7 nitrogen and oxygen atoms in total. The number of hydrogen-bond acceptors (Lipinski definition) is 7. The number of likely N-dealkylation sites (N-methyl/N-ethyl adjacent to an activating group) is 1. The minimum absolute atomic E-state index is 0.183. The van der Waals surface area contributed by atoms with Crippen LogP contribution < -0.4 is 10.5 Å².